The van der Waals surface area contributed by atoms with E-state index in [9.17, 15) is 0 Å². The van der Waals surface area contributed by atoms with Crippen molar-refractivity contribution in [3.8, 4) is 0 Å². The van der Waals surface area contributed by atoms with Crippen molar-refractivity contribution >= 4 is 0 Å². The molecule has 1 aliphatic heterocycles. The minimum absolute atomic E-state index is 0.721. The van der Waals surface area contributed by atoms with Gasteiger partial charge in [0.25, 0.3) is 0 Å². The Morgan fingerprint density at radius 3 is 2.83 bits per heavy atom. The summed E-state index contributed by atoms with van der Waals surface area (Å²) in [7, 11) is 0. The zero-order chi connectivity index (χ0) is 12.8. The van der Waals surface area contributed by atoms with Crippen LogP contribution in [0.25, 0.3) is 0 Å². The molecule has 3 heteroatoms. The number of aromatic nitrogens is 2. The van der Waals surface area contributed by atoms with E-state index in [1.165, 1.54) is 37.8 Å². The maximum Gasteiger partial charge on any atom is 0.0948 e. The largest absolute Gasteiger partial charge is 0.334 e. The van der Waals surface area contributed by atoms with Gasteiger partial charge in [0, 0.05) is 24.4 Å². The molecule has 0 amide bonds. The Bertz CT molecular complexity index is 337. The summed E-state index contributed by atoms with van der Waals surface area (Å²) < 4.78 is 2.39. The number of nitrogens with one attached hydrogen (secondary N) is 1. The van der Waals surface area contributed by atoms with E-state index in [2.05, 4.69) is 34.9 Å². The topological polar surface area (TPSA) is 29.9 Å². The molecule has 1 aromatic rings. The number of rotatable bonds is 6. The molecule has 2 rings (SSSR count). The molecule has 0 radical (unpaired) electrons. The lowest BCUT2D eigenvalue weighted by atomic mass is 9.95. The van der Waals surface area contributed by atoms with Gasteiger partial charge in [-0.1, -0.05) is 26.7 Å². The highest BCUT2D eigenvalue weighted by Crippen LogP contribution is 2.25. The van der Waals surface area contributed by atoms with E-state index < -0.39 is 0 Å². The Kier molecular flexibility index (Phi) is 5.24. The summed E-state index contributed by atoms with van der Waals surface area (Å²) in [4.78, 5) is 4.35. The number of hydrogen-bond acceptors (Lipinski definition) is 2. The van der Waals surface area contributed by atoms with Gasteiger partial charge in [-0.2, -0.15) is 0 Å². The fourth-order valence-electron chi connectivity index (χ4n) is 2.81. The van der Waals surface area contributed by atoms with Gasteiger partial charge in [-0.25, -0.2) is 4.98 Å². The molecular formula is C15H27N3. The van der Waals surface area contributed by atoms with Crippen molar-refractivity contribution in [2.24, 2.45) is 5.92 Å². The number of aryl methyl sites for hydroxylation is 1. The summed E-state index contributed by atoms with van der Waals surface area (Å²) >= 11 is 0. The summed E-state index contributed by atoms with van der Waals surface area (Å²) in [5, 5.41) is 3.43. The number of imidazole rings is 1. The summed E-state index contributed by atoms with van der Waals surface area (Å²) in [6.45, 7) is 8.06. The van der Waals surface area contributed by atoms with Gasteiger partial charge in [-0.15, -0.1) is 0 Å². The number of unbranched alkanes of at least 4 members (excludes halogenated alkanes) is 1. The van der Waals surface area contributed by atoms with Crippen LogP contribution in [0, 0.1) is 5.92 Å². The van der Waals surface area contributed by atoms with Gasteiger partial charge in [0.05, 0.1) is 6.33 Å². The molecule has 1 aliphatic rings. The summed E-state index contributed by atoms with van der Waals surface area (Å²) in [6, 6.07) is 0. The highest BCUT2D eigenvalue weighted by molar-refractivity contribution is 5.07. The van der Waals surface area contributed by atoms with E-state index in [1.807, 2.05) is 6.33 Å². The molecule has 1 fully saturated rings. The van der Waals surface area contributed by atoms with Gasteiger partial charge in [0.1, 0.15) is 0 Å². The van der Waals surface area contributed by atoms with Crippen LogP contribution in [0.15, 0.2) is 12.5 Å². The zero-order valence-electron chi connectivity index (χ0n) is 11.9. The van der Waals surface area contributed by atoms with Gasteiger partial charge < -0.3 is 9.88 Å². The van der Waals surface area contributed by atoms with Crippen molar-refractivity contribution < 1.29 is 0 Å². The lowest BCUT2D eigenvalue weighted by Gasteiger charge is -2.23. The van der Waals surface area contributed by atoms with Crippen molar-refractivity contribution in [3.63, 3.8) is 0 Å². The van der Waals surface area contributed by atoms with E-state index in [4.69, 9.17) is 0 Å². The zero-order valence-corrected chi connectivity index (χ0v) is 11.9. The highest BCUT2D eigenvalue weighted by atomic mass is 15.0. The SMILES string of the molecule is CC(C)CCCCn1cncc1C1CCNCC1. The molecule has 1 aromatic heterocycles. The van der Waals surface area contributed by atoms with Crippen LogP contribution in [0.5, 0.6) is 0 Å². The summed E-state index contributed by atoms with van der Waals surface area (Å²) in [5.74, 6) is 1.55. The number of hydrogen-bond donors (Lipinski definition) is 1. The molecule has 18 heavy (non-hydrogen) atoms. The van der Waals surface area contributed by atoms with Gasteiger partial charge in [0.2, 0.25) is 0 Å². The molecule has 0 aliphatic carbocycles. The molecule has 0 saturated carbocycles. The fraction of sp³-hybridized carbons (Fsp3) is 0.800. The molecule has 102 valence electrons. The predicted molar refractivity (Wildman–Crippen MR) is 75.8 cm³/mol. The van der Waals surface area contributed by atoms with E-state index >= 15 is 0 Å². The van der Waals surface area contributed by atoms with Crippen LogP contribution in [0.1, 0.15) is 57.6 Å². The molecule has 0 unspecified atom stereocenters. The van der Waals surface area contributed by atoms with Crippen molar-refractivity contribution in [2.75, 3.05) is 13.1 Å². The van der Waals surface area contributed by atoms with Crippen molar-refractivity contribution in [1.82, 2.24) is 14.9 Å². The Hall–Kier alpha value is -0.830. The standard InChI is InChI=1S/C15H27N3/c1-13(2)5-3-4-10-18-12-17-11-15(18)14-6-8-16-9-7-14/h11-14,16H,3-10H2,1-2H3. The summed E-state index contributed by atoms with van der Waals surface area (Å²) in [6.07, 6.45) is 10.6. The molecule has 0 bridgehead atoms. The van der Waals surface area contributed by atoms with Crippen LogP contribution in [-0.4, -0.2) is 22.6 Å². The fourth-order valence-corrected chi connectivity index (χ4v) is 2.81. The Morgan fingerprint density at radius 2 is 2.11 bits per heavy atom. The second kappa shape index (κ2) is 6.93. The first-order valence-corrected chi connectivity index (χ1v) is 7.48. The first kappa shape index (κ1) is 13.6. The molecule has 3 nitrogen and oxygen atoms in total. The summed E-state index contributed by atoms with van der Waals surface area (Å²) in [5.41, 5.74) is 1.46. The number of nitrogens with zero attached hydrogens (tertiary/aromatic N) is 2. The third-order valence-electron chi connectivity index (χ3n) is 3.93. The van der Waals surface area contributed by atoms with Crippen LogP contribution in [-0.2, 0) is 6.54 Å². The molecular weight excluding hydrogens is 222 g/mol. The third-order valence-corrected chi connectivity index (χ3v) is 3.93. The smallest absolute Gasteiger partial charge is 0.0948 e. The van der Waals surface area contributed by atoms with Crippen molar-refractivity contribution in [1.29, 1.82) is 0 Å². The first-order chi connectivity index (χ1) is 8.77. The highest BCUT2D eigenvalue weighted by Gasteiger charge is 2.18. The van der Waals surface area contributed by atoms with Crippen molar-refractivity contribution in [3.05, 3.63) is 18.2 Å². The maximum atomic E-state index is 4.35. The third kappa shape index (κ3) is 3.84. The van der Waals surface area contributed by atoms with Gasteiger partial charge in [-0.3, -0.25) is 0 Å². The molecule has 1 saturated heterocycles. The average Bonchev–Trinajstić information content (AvgIpc) is 2.84. The van der Waals surface area contributed by atoms with E-state index in [0.717, 1.165) is 31.5 Å². The Balaban J connectivity index is 1.83. The minimum Gasteiger partial charge on any atom is -0.334 e. The van der Waals surface area contributed by atoms with E-state index in [-0.39, 0.29) is 0 Å². The second-order valence-corrected chi connectivity index (χ2v) is 5.93. The predicted octanol–water partition coefficient (Wildman–Crippen LogP) is 3.18. The first-order valence-electron chi connectivity index (χ1n) is 7.48. The Labute approximate surface area is 111 Å². The molecule has 0 aromatic carbocycles. The van der Waals surface area contributed by atoms with Crippen LogP contribution in [0.3, 0.4) is 0 Å². The molecule has 2 heterocycles. The lowest BCUT2D eigenvalue weighted by Crippen LogP contribution is -2.27. The van der Waals surface area contributed by atoms with E-state index in [0.29, 0.717) is 0 Å². The maximum absolute atomic E-state index is 4.35. The molecule has 0 atom stereocenters. The van der Waals surface area contributed by atoms with Crippen LogP contribution in [0.2, 0.25) is 0 Å². The minimum atomic E-state index is 0.721. The monoisotopic (exact) mass is 249 g/mol. The quantitative estimate of drug-likeness (QED) is 0.785. The van der Waals surface area contributed by atoms with Crippen molar-refractivity contribution in [2.45, 2.75) is 58.4 Å². The van der Waals surface area contributed by atoms with Crippen LogP contribution < -0.4 is 5.32 Å². The Morgan fingerprint density at radius 1 is 1.33 bits per heavy atom. The van der Waals surface area contributed by atoms with Gasteiger partial charge in [-0.05, 0) is 38.3 Å². The second-order valence-electron chi connectivity index (χ2n) is 5.93. The average molecular weight is 249 g/mol. The number of piperidine rings is 1. The van der Waals surface area contributed by atoms with Gasteiger partial charge in [0.15, 0.2) is 0 Å². The lowest BCUT2D eigenvalue weighted by molar-refractivity contribution is 0.431. The van der Waals surface area contributed by atoms with Crippen LogP contribution >= 0.6 is 0 Å². The molecule has 0 spiro atoms. The normalized spacial score (nSPS) is 17.5. The van der Waals surface area contributed by atoms with Gasteiger partial charge >= 0.3 is 0 Å². The van der Waals surface area contributed by atoms with E-state index in [1.54, 1.807) is 0 Å². The van der Waals surface area contributed by atoms with Crippen LogP contribution in [0.4, 0.5) is 0 Å². The molecule has 1 N–H and O–H groups in total.